The maximum absolute atomic E-state index is 12.3. The Morgan fingerprint density at radius 1 is 0.702 bits per heavy atom. The van der Waals surface area contributed by atoms with Gasteiger partial charge in [0.2, 0.25) is 0 Å². The second-order valence-corrected chi connectivity index (χ2v) is 14.3. The van der Waals surface area contributed by atoms with Crippen LogP contribution in [0, 0.1) is 0 Å². The molecule has 1 aliphatic rings. The molecular formula is C42H80N2O3. The van der Waals surface area contributed by atoms with Crippen molar-refractivity contribution >= 4 is 5.97 Å². The van der Waals surface area contributed by atoms with Gasteiger partial charge in [-0.3, -0.25) is 4.90 Å². The molecule has 1 unspecified atom stereocenters. The van der Waals surface area contributed by atoms with Gasteiger partial charge in [-0.25, -0.2) is 4.79 Å². The minimum atomic E-state index is -0.175. The largest absolute Gasteiger partial charge is 0.462 e. The Bertz CT molecular complexity index is 737. The van der Waals surface area contributed by atoms with E-state index in [1.54, 1.807) is 6.08 Å². The summed E-state index contributed by atoms with van der Waals surface area (Å²) in [7, 11) is 0. The highest BCUT2D eigenvalue weighted by molar-refractivity contribution is 5.81. The number of aliphatic hydroxyl groups is 1. The average Bonchev–Trinajstić information content (AvgIpc) is 3.52. The molecule has 0 radical (unpaired) electrons. The van der Waals surface area contributed by atoms with Crippen LogP contribution in [-0.2, 0) is 9.53 Å². The van der Waals surface area contributed by atoms with Gasteiger partial charge in [-0.15, -0.1) is 0 Å². The topological polar surface area (TPSA) is 61.8 Å². The maximum Gasteiger partial charge on any atom is 0.330 e. The lowest BCUT2D eigenvalue weighted by molar-refractivity contribution is -0.137. The van der Waals surface area contributed by atoms with Crippen molar-refractivity contribution in [2.45, 2.75) is 206 Å². The third-order valence-electron chi connectivity index (χ3n) is 9.97. The number of rotatable bonds is 35. The number of esters is 1. The summed E-state index contributed by atoms with van der Waals surface area (Å²) in [6, 6.07) is 0. The van der Waals surface area contributed by atoms with Crippen molar-refractivity contribution in [2.24, 2.45) is 0 Å². The Labute approximate surface area is 293 Å². The first-order valence-electron chi connectivity index (χ1n) is 20.8. The summed E-state index contributed by atoms with van der Waals surface area (Å²) in [5.74, 6) is -0.175. The van der Waals surface area contributed by atoms with Gasteiger partial charge in [-0.2, -0.15) is 0 Å². The van der Waals surface area contributed by atoms with Crippen LogP contribution in [0.3, 0.4) is 0 Å². The second-order valence-electron chi connectivity index (χ2n) is 14.3. The van der Waals surface area contributed by atoms with E-state index in [0.29, 0.717) is 12.8 Å². The van der Waals surface area contributed by atoms with Crippen molar-refractivity contribution in [3.63, 3.8) is 0 Å². The fourth-order valence-electron chi connectivity index (χ4n) is 6.91. The summed E-state index contributed by atoms with van der Waals surface area (Å²) < 4.78 is 5.60. The molecule has 0 spiro atoms. The summed E-state index contributed by atoms with van der Waals surface area (Å²) in [6.45, 7) is 8.23. The zero-order chi connectivity index (χ0) is 33.9. The molecule has 1 rings (SSSR count). The molecule has 0 aliphatic carbocycles. The molecule has 5 nitrogen and oxygen atoms in total. The van der Waals surface area contributed by atoms with E-state index in [1.165, 1.54) is 166 Å². The van der Waals surface area contributed by atoms with Crippen LogP contribution in [0.5, 0.6) is 0 Å². The first kappa shape index (κ1) is 43.9. The quantitative estimate of drug-likeness (QED) is 0.0306. The van der Waals surface area contributed by atoms with E-state index < -0.39 is 0 Å². The van der Waals surface area contributed by atoms with E-state index in [9.17, 15) is 9.90 Å². The molecule has 47 heavy (non-hydrogen) atoms. The smallest absolute Gasteiger partial charge is 0.330 e. The minimum Gasteiger partial charge on any atom is -0.462 e. The third-order valence-corrected chi connectivity index (χ3v) is 9.97. The highest BCUT2D eigenvalue weighted by atomic mass is 16.5. The first-order valence-corrected chi connectivity index (χ1v) is 20.8. The molecule has 1 aliphatic heterocycles. The second kappa shape index (κ2) is 34.7. The van der Waals surface area contributed by atoms with Crippen LogP contribution in [0.15, 0.2) is 23.8 Å². The van der Waals surface area contributed by atoms with E-state index in [-0.39, 0.29) is 12.6 Å². The van der Waals surface area contributed by atoms with Crippen molar-refractivity contribution < 1.29 is 14.6 Å². The van der Waals surface area contributed by atoms with Crippen LogP contribution < -0.4 is 5.32 Å². The number of hydrogen-bond acceptors (Lipinski definition) is 5. The Kier molecular flexibility index (Phi) is 32.4. The van der Waals surface area contributed by atoms with Crippen LogP contribution in [0.2, 0.25) is 0 Å². The Balaban J connectivity index is 2.14. The highest BCUT2D eigenvalue weighted by Crippen LogP contribution is 2.18. The van der Waals surface area contributed by atoms with Gasteiger partial charge in [-0.05, 0) is 44.9 Å². The summed E-state index contributed by atoms with van der Waals surface area (Å²) in [6.07, 6.45) is 44.0. The average molecular weight is 661 g/mol. The van der Waals surface area contributed by atoms with Gasteiger partial charge < -0.3 is 15.2 Å². The zero-order valence-electron chi connectivity index (χ0n) is 31.6. The molecule has 0 aromatic heterocycles. The van der Waals surface area contributed by atoms with E-state index in [1.807, 2.05) is 6.08 Å². The molecule has 5 heteroatoms. The fourth-order valence-corrected chi connectivity index (χ4v) is 6.91. The number of nitrogens with zero attached hydrogens (tertiary/aromatic N) is 1. The molecule has 276 valence electrons. The predicted molar refractivity (Wildman–Crippen MR) is 204 cm³/mol. The molecular weight excluding hydrogens is 580 g/mol. The highest BCUT2D eigenvalue weighted by Gasteiger charge is 2.22. The Hall–Kier alpha value is -1.17. The Morgan fingerprint density at radius 2 is 1.23 bits per heavy atom. The summed E-state index contributed by atoms with van der Waals surface area (Å²) in [5, 5.41) is 12.8. The van der Waals surface area contributed by atoms with E-state index >= 15 is 0 Å². The lowest BCUT2D eigenvalue weighted by Gasteiger charge is -2.22. The van der Waals surface area contributed by atoms with Gasteiger partial charge in [0.25, 0.3) is 0 Å². The first-order chi connectivity index (χ1) is 23.2. The monoisotopic (exact) mass is 661 g/mol. The maximum atomic E-state index is 12.3. The molecule has 1 heterocycles. The van der Waals surface area contributed by atoms with Crippen molar-refractivity contribution in [2.75, 3.05) is 32.8 Å². The lowest BCUT2D eigenvalue weighted by atomic mass is 10.0. The molecule has 0 saturated carbocycles. The number of allylic oxidation sites excluding steroid dienone is 2. The number of β-amino-alcohol motifs (C(OH)–C–C–N with tert-alkyl or cyclic N) is 1. The number of unbranched alkanes of at least 4 members (excludes halogenated alkanes) is 23. The summed E-state index contributed by atoms with van der Waals surface area (Å²) in [5.41, 5.74) is 1.49. The molecule has 1 fully saturated rings. The third kappa shape index (κ3) is 28.4. The van der Waals surface area contributed by atoms with Crippen LogP contribution >= 0.6 is 0 Å². The molecule has 0 aromatic rings. The van der Waals surface area contributed by atoms with Crippen molar-refractivity contribution in [3.8, 4) is 0 Å². The lowest BCUT2D eigenvalue weighted by Crippen LogP contribution is -2.37. The normalized spacial score (nSPS) is 15.7. The SMILES string of the molecule is CCCCCCCCCCCCCCCC=CC(=O)OCCC(=CCCCCCCCC1NCCN1CCO)CCCCCCCC. The number of aliphatic hydroxyl groups excluding tert-OH is 1. The van der Waals surface area contributed by atoms with Crippen LogP contribution in [0.25, 0.3) is 0 Å². The standard InChI is InChI=1S/C42H80N2O3/c1-3-5-7-9-11-12-13-14-15-16-17-18-19-25-29-33-42(46)47-39-34-40(30-26-22-10-8-6-4-2)31-27-23-20-21-24-28-32-41-43-35-36-44(41)37-38-45/h29,31,33,41,43,45H,3-28,30,32,34-39H2,1-2H3. The molecule has 2 N–H and O–H groups in total. The van der Waals surface area contributed by atoms with Gasteiger partial charge in [0, 0.05) is 32.1 Å². The van der Waals surface area contributed by atoms with Crippen molar-refractivity contribution in [1.29, 1.82) is 0 Å². The van der Waals surface area contributed by atoms with Gasteiger partial charge in [0.1, 0.15) is 0 Å². The Morgan fingerprint density at radius 3 is 1.83 bits per heavy atom. The number of carbonyl (C=O) groups excluding carboxylic acids is 1. The van der Waals surface area contributed by atoms with Crippen LogP contribution in [-0.4, -0.2) is 55.0 Å². The molecule has 1 atom stereocenters. The van der Waals surface area contributed by atoms with Crippen LogP contribution in [0.4, 0.5) is 0 Å². The number of nitrogens with one attached hydrogen (secondary N) is 1. The number of ether oxygens (including phenoxy) is 1. The minimum absolute atomic E-state index is 0.175. The van der Waals surface area contributed by atoms with E-state index in [4.69, 9.17) is 4.74 Å². The molecule has 0 amide bonds. The molecule has 0 bridgehead atoms. The molecule has 1 saturated heterocycles. The molecule has 0 aromatic carbocycles. The number of hydrogen-bond donors (Lipinski definition) is 2. The van der Waals surface area contributed by atoms with Crippen molar-refractivity contribution in [3.05, 3.63) is 23.8 Å². The fraction of sp³-hybridized carbons (Fsp3) is 0.881. The van der Waals surface area contributed by atoms with Gasteiger partial charge >= 0.3 is 5.97 Å². The van der Waals surface area contributed by atoms with Gasteiger partial charge in [0.15, 0.2) is 0 Å². The van der Waals surface area contributed by atoms with Gasteiger partial charge in [0.05, 0.1) is 19.4 Å². The summed E-state index contributed by atoms with van der Waals surface area (Å²) in [4.78, 5) is 14.7. The van der Waals surface area contributed by atoms with Crippen molar-refractivity contribution in [1.82, 2.24) is 10.2 Å². The van der Waals surface area contributed by atoms with E-state index in [0.717, 1.165) is 45.3 Å². The van der Waals surface area contributed by atoms with Gasteiger partial charge in [-0.1, -0.05) is 166 Å². The van der Waals surface area contributed by atoms with E-state index in [2.05, 4.69) is 30.1 Å². The number of carbonyl (C=O) groups is 1. The zero-order valence-corrected chi connectivity index (χ0v) is 31.6. The predicted octanol–water partition coefficient (Wildman–Crippen LogP) is 11.6. The van der Waals surface area contributed by atoms with Crippen LogP contribution in [0.1, 0.15) is 200 Å². The summed E-state index contributed by atoms with van der Waals surface area (Å²) >= 11 is 0.